The van der Waals surface area contributed by atoms with Crippen LogP contribution in [0.25, 0.3) is 21.9 Å². The molecular weight excluding hydrogens is 445 g/mol. The third-order valence-electron chi connectivity index (χ3n) is 5.19. The van der Waals surface area contributed by atoms with Crippen LogP contribution in [0, 0.1) is 0 Å². The van der Waals surface area contributed by atoms with Crippen LogP contribution in [0.4, 0.5) is 0 Å². The van der Waals surface area contributed by atoms with Crippen molar-refractivity contribution in [3.05, 3.63) is 106 Å². The van der Waals surface area contributed by atoms with Gasteiger partial charge in [-0.05, 0) is 42.0 Å². The number of amides is 1. The summed E-state index contributed by atoms with van der Waals surface area (Å²) in [6.45, 7) is 0.627. The predicted octanol–water partition coefficient (Wildman–Crippen LogP) is 6.51. The van der Waals surface area contributed by atoms with Crippen molar-refractivity contribution >= 4 is 57.2 Å². The summed E-state index contributed by atoms with van der Waals surface area (Å²) in [7, 11) is 0. The van der Waals surface area contributed by atoms with Gasteiger partial charge in [0.05, 0.1) is 6.21 Å². The van der Waals surface area contributed by atoms with Gasteiger partial charge < -0.3 is 8.98 Å². The Hall–Kier alpha value is -3.54. The van der Waals surface area contributed by atoms with Crippen LogP contribution < -0.4 is 5.43 Å². The molecule has 158 valence electrons. The molecule has 0 radical (unpaired) electrons. The zero-order valence-corrected chi connectivity index (χ0v) is 18.3. The second-order valence-corrected chi connectivity index (χ2v) is 8.16. The van der Waals surface area contributed by atoms with E-state index in [1.165, 1.54) is 0 Å². The van der Waals surface area contributed by atoms with Crippen LogP contribution in [0.5, 0.6) is 0 Å². The fourth-order valence-electron chi connectivity index (χ4n) is 3.66. The van der Waals surface area contributed by atoms with Gasteiger partial charge >= 0.3 is 5.91 Å². The first-order valence-corrected chi connectivity index (χ1v) is 10.7. The molecule has 32 heavy (non-hydrogen) atoms. The number of benzene rings is 3. The molecule has 2 heterocycles. The van der Waals surface area contributed by atoms with E-state index in [-0.39, 0.29) is 5.76 Å². The van der Waals surface area contributed by atoms with Crippen LogP contribution in [0.2, 0.25) is 10.0 Å². The van der Waals surface area contributed by atoms with Gasteiger partial charge in [-0.1, -0.05) is 59.6 Å². The lowest BCUT2D eigenvalue weighted by Gasteiger charge is -2.07. The topological polar surface area (TPSA) is 59.5 Å². The number of nitrogens with zero attached hydrogens (tertiary/aromatic N) is 2. The zero-order chi connectivity index (χ0) is 22.1. The summed E-state index contributed by atoms with van der Waals surface area (Å²) in [6, 6.07) is 22.6. The van der Waals surface area contributed by atoms with Crippen LogP contribution in [0.15, 0.2) is 88.5 Å². The molecular formula is C25H17Cl2N3O2. The van der Waals surface area contributed by atoms with E-state index in [1.54, 1.807) is 30.5 Å². The molecule has 0 unspecified atom stereocenters. The summed E-state index contributed by atoms with van der Waals surface area (Å²) < 4.78 is 7.69. The molecule has 0 aliphatic carbocycles. The van der Waals surface area contributed by atoms with Crippen molar-refractivity contribution in [1.29, 1.82) is 0 Å². The standard InChI is InChI=1S/C25H17Cl2N3O2/c26-19-9-10-23-17(11-19)12-24(32-23)25(31)29-28-13-18-15-30(22-8-4-2-6-20(18)22)14-16-5-1-3-7-21(16)27/h1-13,15H,14H2,(H,29,31)/b28-13+. The Morgan fingerprint density at radius 3 is 2.72 bits per heavy atom. The van der Waals surface area contributed by atoms with Gasteiger partial charge in [0.15, 0.2) is 5.76 Å². The van der Waals surface area contributed by atoms with Crippen molar-refractivity contribution in [2.24, 2.45) is 5.10 Å². The number of aromatic nitrogens is 1. The maximum Gasteiger partial charge on any atom is 0.307 e. The molecule has 0 aliphatic rings. The predicted molar refractivity (Wildman–Crippen MR) is 129 cm³/mol. The molecule has 7 heteroatoms. The molecule has 5 nitrogen and oxygen atoms in total. The Balaban J connectivity index is 1.38. The average molecular weight is 462 g/mol. The van der Waals surface area contributed by atoms with E-state index in [1.807, 2.05) is 54.7 Å². The molecule has 0 fully saturated rings. The third-order valence-corrected chi connectivity index (χ3v) is 5.79. The Labute approximate surface area is 193 Å². The van der Waals surface area contributed by atoms with Gasteiger partial charge in [0.2, 0.25) is 0 Å². The molecule has 0 saturated carbocycles. The maximum absolute atomic E-state index is 12.5. The molecule has 0 bridgehead atoms. The molecule has 5 aromatic rings. The second kappa shape index (κ2) is 8.54. The van der Waals surface area contributed by atoms with Crippen molar-refractivity contribution in [1.82, 2.24) is 9.99 Å². The Bertz CT molecular complexity index is 1480. The van der Waals surface area contributed by atoms with Crippen LogP contribution in [0.3, 0.4) is 0 Å². The van der Waals surface area contributed by atoms with E-state index < -0.39 is 5.91 Å². The Kier molecular flexibility index (Phi) is 5.43. The van der Waals surface area contributed by atoms with Gasteiger partial charge in [0, 0.05) is 44.6 Å². The number of carbonyl (C=O) groups is 1. The van der Waals surface area contributed by atoms with Crippen molar-refractivity contribution in [2.45, 2.75) is 6.54 Å². The first kappa shape index (κ1) is 20.4. The highest BCUT2D eigenvalue weighted by atomic mass is 35.5. The van der Waals surface area contributed by atoms with Crippen LogP contribution in [0.1, 0.15) is 21.7 Å². The van der Waals surface area contributed by atoms with Crippen LogP contribution >= 0.6 is 23.2 Å². The van der Waals surface area contributed by atoms with Crippen LogP contribution in [-0.4, -0.2) is 16.7 Å². The van der Waals surface area contributed by atoms with E-state index in [9.17, 15) is 4.79 Å². The highest BCUT2D eigenvalue weighted by Gasteiger charge is 2.12. The number of para-hydroxylation sites is 1. The third kappa shape index (κ3) is 4.00. The van der Waals surface area contributed by atoms with Gasteiger partial charge in [-0.2, -0.15) is 5.10 Å². The average Bonchev–Trinajstić information content (AvgIpc) is 3.37. The summed E-state index contributed by atoms with van der Waals surface area (Å²) in [4.78, 5) is 12.5. The molecule has 0 aliphatic heterocycles. The second-order valence-electron chi connectivity index (χ2n) is 7.31. The highest BCUT2D eigenvalue weighted by molar-refractivity contribution is 6.31. The number of hydrogen-bond donors (Lipinski definition) is 1. The van der Waals surface area contributed by atoms with Crippen LogP contribution in [-0.2, 0) is 6.54 Å². The minimum Gasteiger partial charge on any atom is -0.451 e. The number of hydrogen-bond acceptors (Lipinski definition) is 3. The zero-order valence-electron chi connectivity index (χ0n) is 16.8. The molecule has 0 spiro atoms. The molecule has 5 rings (SSSR count). The number of hydrazone groups is 1. The lowest BCUT2D eigenvalue weighted by Crippen LogP contribution is -2.16. The smallest absolute Gasteiger partial charge is 0.307 e. The molecule has 2 aromatic heterocycles. The first-order valence-electron chi connectivity index (χ1n) is 9.92. The summed E-state index contributed by atoms with van der Waals surface area (Å²) in [5.41, 5.74) is 6.07. The normalized spacial score (nSPS) is 11.6. The largest absolute Gasteiger partial charge is 0.451 e. The summed E-state index contributed by atoms with van der Waals surface area (Å²) in [5, 5.41) is 7.23. The minimum atomic E-state index is -0.437. The summed E-state index contributed by atoms with van der Waals surface area (Å²) in [6.07, 6.45) is 3.62. The summed E-state index contributed by atoms with van der Waals surface area (Å²) in [5.74, 6) is -0.269. The van der Waals surface area contributed by atoms with Crippen molar-refractivity contribution in [3.8, 4) is 0 Å². The van der Waals surface area contributed by atoms with Crippen molar-refractivity contribution in [2.75, 3.05) is 0 Å². The highest BCUT2D eigenvalue weighted by Crippen LogP contribution is 2.24. The number of rotatable bonds is 5. The lowest BCUT2D eigenvalue weighted by molar-refractivity contribution is 0.0929. The molecule has 1 N–H and O–H groups in total. The Morgan fingerprint density at radius 2 is 1.84 bits per heavy atom. The van der Waals surface area contributed by atoms with Gasteiger partial charge in [-0.3, -0.25) is 4.79 Å². The summed E-state index contributed by atoms with van der Waals surface area (Å²) >= 11 is 12.3. The fraction of sp³-hybridized carbons (Fsp3) is 0.0400. The van der Waals surface area contributed by atoms with Gasteiger partial charge in [-0.15, -0.1) is 0 Å². The monoisotopic (exact) mass is 461 g/mol. The number of fused-ring (bicyclic) bond motifs is 2. The van der Waals surface area contributed by atoms with Crippen molar-refractivity contribution in [3.63, 3.8) is 0 Å². The molecule has 0 atom stereocenters. The lowest BCUT2D eigenvalue weighted by atomic mass is 10.2. The molecule has 3 aromatic carbocycles. The van der Waals surface area contributed by atoms with E-state index in [0.717, 1.165) is 32.4 Å². The molecule has 0 saturated heterocycles. The van der Waals surface area contributed by atoms with Gasteiger partial charge in [-0.25, -0.2) is 5.43 Å². The fourth-order valence-corrected chi connectivity index (χ4v) is 4.04. The van der Waals surface area contributed by atoms with E-state index in [0.29, 0.717) is 17.2 Å². The number of furan rings is 1. The maximum atomic E-state index is 12.5. The van der Waals surface area contributed by atoms with E-state index in [4.69, 9.17) is 27.6 Å². The SMILES string of the molecule is O=C(N/N=C/c1cn(Cc2ccccc2Cl)c2ccccc12)c1cc2cc(Cl)ccc2o1. The number of halogens is 2. The van der Waals surface area contributed by atoms with Crippen molar-refractivity contribution < 1.29 is 9.21 Å². The van der Waals surface area contributed by atoms with Gasteiger partial charge in [0.1, 0.15) is 5.58 Å². The van der Waals surface area contributed by atoms with Gasteiger partial charge in [0.25, 0.3) is 0 Å². The minimum absolute atomic E-state index is 0.167. The van der Waals surface area contributed by atoms with E-state index >= 15 is 0 Å². The number of nitrogens with one attached hydrogen (secondary N) is 1. The van der Waals surface area contributed by atoms with E-state index in [2.05, 4.69) is 15.1 Å². The Morgan fingerprint density at radius 1 is 1.03 bits per heavy atom. The number of carbonyl (C=O) groups excluding carboxylic acids is 1. The first-order chi connectivity index (χ1) is 15.6. The quantitative estimate of drug-likeness (QED) is 0.239. The molecule has 1 amide bonds.